The van der Waals surface area contributed by atoms with Crippen molar-refractivity contribution in [3.8, 4) is 0 Å². The van der Waals surface area contributed by atoms with E-state index < -0.39 is 12.3 Å². The van der Waals surface area contributed by atoms with Crippen LogP contribution in [0.25, 0.3) is 0 Å². The minimum atomic E-state index is -2.21. The van der Waals surface area contributed by atoms with Crippen LogP contribution in [0.2, 0.25) is 0 Å². The zero-order valence-electron chi connectivity index (χ0n) is 11.2. The zero-order chi connectivity index (χ0) is 13.3. The summed E-state index contributed by atoms with van der Waals surface area (Å²) in [7, 11) is 0. The van der Waals surface area contributed by atoms with Crippen molar-refractivity contribution in [3.63, 3.8) is 0 Å². The third kappa shape index (κ3) is 3.01. The van der Waals surface area contributed by atoms with Crippen molar-refractivity contribution in [3.05, 3.63) is 0 Å². The molecule has 0 aromatic rings. The van der Waals surface area contributed by atoms with E-state index in [2.05, 4.69) is 5.32 Å². The van der Waals surface area contributed by atoms with Gasteiger partial charge in [-0.05, 0) is 44.4 Å². The molecule has 2 rings (SSSR count). The van der Waals surface area contributed by atoms with Gasteiger partial charge in [0.05, 0.1) is 0 Å². The van der Waals surface area contributed by atoms with Crippen LogP contribution in [0, 0.1) is 17.8 Å². The Hall–Kier alpha value is -0.670. The van der Waals surface area contributed by atoms with Crippen molar-refractivity contribution < 1.29 is 13.6 Å². The lowest BCUT2D eigenvalue weighted by atomic mass is 9.68. The Labute approximate surface area is 108 Å². The summed E-state index contributed by atoms with van der Waals surface area (Å²) in [5, 5.41) is 2.99. The van der Waals surface area contributed by atoms with Crippen molar-refractivity contribution in [1.82, 2.24) is 5.32 Å². The molecule has 4 atom stereocenters. The van der Waals surface area contributed by atoms with Gasteiger partial charge in [0, 0.05) is 18.4 Å². The molecule has 0 spiro atoms. The van der Waals surface area contributed by atoms with Crippen molar-refractivity contribution in [2.45, 2.75) is 64.3 Å². The second kappa shape index (κ2) is 5.14. The monoisotopic (exact) mass is 259 g/mol. The van der Waals surface area contributed by atoms with Crippen LogP contribution in [-0.4, -0.2) is 17.9 Å². The normalized spacial score (nSPS) is 40.4. The van der Waals surface area contributed by atoms with Crippen LogP contribution in [0.1, 0.15) is 52.4 Å². The molecule has 1 N–H and O–H groups in total. The van der Waals surface area contributed by atoms with Crippen molar-refractivity contribution in [2.24, 2.45) is 17.8 Å². The predicted octanol–water partition coefficient (Wildman–Crippen LogP) is 3.36. The molecular formula is C14H23F2NO. The molecule has 4 heteroatoms. The van der Waals surface area contributed by atoms with Crippen LogP contribution >= 0.6 is 0 Å². The summed E-state index contributed by atoms with van der Waals surface area (Å²) in [6, 6.07) is 0. The lowest BCUT2D eigenvalue weighted by Gasteiger charge is -2.43. The number of carbonyl (C=O) groups is 1. The van der Waals surface area contributed by atoms with Gasteiger partial charge < -0.3 is 5.32 Å². The number of rotatable bonds is 2. The van der Waals surface area contributed by atoms with E-state index in [0.29, 0.717) is 18.8 Å². The maximum Gasteiger partial charge on any atom is 0.241 e. The Morgan fingerprint density at radius 3 is 2.67 bits per heavy atom. The highest BCUT2D eigenvalue weighted by molar-refractivity contribution is 5.73. The maximum absolute atomic E-state index is 13.1. The number of alkyl halides is 2. The number of hydrogen-bond acceptors (Lipinski definition) is 1. The molecule has 0 radical (unpaired) electrons. The van der Waals surface area contributed by atoms with Gasteiger partial charge >= 0.3 is 0 Å². The fourth-order valence-electron chi connectivity index (χ4n) is 4.18. The zero-order valence-corrected chi connectivity index (χ0v) is 11.2. The molecule has 2 fully saturated rings. The van der Waals surface area contributed by atoms with E-state index in [4.69, 9.17) is 0 Å². The summed E-state index contributed by atoms with van der Waals surface area (Å²) in [6.45, 7) is 3.52. The lowest BCUT2D eigenvalue weighted by molar-refractivity contribution is -0.121. The molecule has 2 saturated carbocycles. The Morgan fingerprint density at radius 1 is 1.33 bits per heavy atom. The smallest absolute Gasteiger partial charge is 0.241 e. The molecule has 2 aliphatic carbocycles. The van der Waals surface area contributed by atoms with Gasteiger partial charge in [0.1, 0.15) is 0 Å². The average Bonchev–Trinajstić information content (AvgIpc) is 2.34. The fourth-order valence-corrected chi connectivity index (χ4v) is 4.18. The van der Waals surface area contributed by atoms with Crippen LogP contribution in [0.15, 0.2) is 0 Å². The summed E-state index contributed by atoms with van der Waals surface area (Å²) in [5.74, 6) is 0.0561. The molecule has 0 saturated heterocycles. The standard InChI is InChI=1S/C14H23F2NO/c1-9(18)17-14(2)7-10-4-3-5-12(13(15)16)11(6-10)8-14/h10-13H,3-8H2,1-2H3,(H,17,18). The molecule has 18 heavy (non-hydrogen) atoms. The number of carbonyl (C=O) groups excluding carboxylic acids is 1. The van der Waals surface area contributed by atoms with Crippen molar-refractivity contribution in [1.29, 1.82) is 0 Å². The first-order valence-electron chi connectivity index (χ1n) is 6.96. The van der Waals surface area contributed by atoms with Crippen molar-refractivity contribution in [2.75, 3.05) is 0 Å². The first-order valence-corrected chi connectivity index (χ1v) is 6.96. The van der Waals surface area contributed by atoms with Crippen LogP contribution in [0.3, 0.4) is 0 Å². The minimum absolute atomic E-state index is 0.0512. The van der Waals surface area contributed by atoms with Crippen LogP contribution in [0.5, 0.6) is 0 Å². The highest BCUT2D eigenvalue weighted by Gasteiger charge is 2.44. The molecule has 0 aromatic heterocycles. The number of amides is 1. The molecule has 1 amide bonds. The molecule has 4 unspecified atom stereocenters. The molecular weight excluding hydrogens is 236 g/mol. The van der Waals surface area contributed by atoms with Gasteiger partial charge in [0.2, 0.25) is 12.3 Å². The van der Waals surface area contributed by atoms with Crippen LogP contribution in [-0.2, 0) is 4.79 Å². The summed E-state index contributed by atoms with van der Waals surface area (Å²) >= 11 is 0. The highest BCUT2D eigenvalue weighted by Crippen LogP contribution is 2.47. The van der Waals surface area contributed by atoms with E-state index in [1.54, 1.807) is 0 Å². The number of fused-ring (bicyclic) bond motifs is 2. The van der Waals surface area contributed by atoms with Gasteiger partial charge in [-0.15, -0.1) is 0 Å². The average molecular weight is 259 g/mol. The third-order valence-electron chi connectivity index (χ3n) is 4.64. The molecule has 2 bridgehead atoms. The maximum atomic E-state index is 13.1. The van der Waals surface area contributed by atoms with Gasteiger partial charge in [-0.1, -0.05) is 12.8 Å². The minimum Gasteiger partial charge on any atom is -0.351 e. The summed E-state index contributed by atoms with van der Waals surface area (Å²) < 4.78 is 26.2. The quantitative estimate of drug-likeness (QED) is 0.809. The first-order chi connectivity index (χ1) is 8.39. The lowest BCUT2D eigenvalue weighted by Crippen LogP contribution is -2.51. The Kier molecular flexibility index (Phi) is 3.93. The largest absolute Gasteiger partial charge is 0.351 e. The first kappa shape index (κ1) is 13.8. The Balaban J connectivity index is 2.14. The van der Waals surface area contributed by atoms with Gasteiger partial charge in [0.25, 0.3) is 0 Å². The van der Waals surface area contributed by atoms with Gasteiger partial charge in [-0.2, -0.15) is 0 Å². The SMILES string of the molecule is CC(=O)NC1(C)CC2CCCC(C(F)F)C(C2)C1. The Bertz CT molecular complexity index is 321. The van der Waals surface area contributed by atoms with E-state index in [0.717, 1.165) is 25.7 Å². The third-order valence-corrected chi connectivity index (χ3v) is 4.64. The Morgan fingerprint density at radius 2 is 2.06 bits per heavy atom. The fraction of sp³-hybridized carbons (Fsp3) is 0.929. The molecule has 0 heterocycles. The van der Waals surface area contributed by atoms with E-state index in [1.165, 1.54) is 6.92 Å². The topological polar surface area (TPSA) is 29.1 Å². The van der Waals surface area contributed by atoms with Gasteiger partial charge in [-0.3, -0.25) is 4.79 Å². The van der Waals surface area contributed by atoms with Crippen LogP contribution in [0.4, 0.5) is 8.78 Å². The second-order valence-electron chi connectivity index (χ2n) is 6.44. The van der Waals surface area contributed by atoms with Gasteiger partial charge in [0.15, 0.2) is 0 Å². The highest BCUT2D eigenvalue weighted by atomic mass is 19.3. The van der Waals surface area contributed by atoms with E-state index in [-0.39, 0.29) is 17.4 Å². The summed E-state index contributed by atoms with van der Waals surface area (Å²) in [4.78, 5) is 11.3. The number of halogens is 2. The summed E-state index contributed by atoms with van der Waals surface area (Å²) in [6.07, 6.45) is 2.95. The second-order valence-corrected chi connectivity index (χ2v) is 6.44. The summed E-state index contributed by atoms with van der Waals surface area (Å²) in [5.41, 5.74) is -0.281. The molecule has 0 aromatic carbocycles. The number of hydrogen-bond donors (Lipinski definition) is 1. The van der Waals surface area contributed by atoms with E-state index in [9.17, 15) is 13.6 Å². The molecule has 2 aliphatic rings. The number of nitrogens with one attached hydrogen (secondary N) is 1. The van der Waals surface area contributed by atoms with Crippen LogP contribution < -0.4 is 5.32 Å². The van der Waals surface area contributed by atoms with E-state index in [1.807, 2.05) is 6.92 Å². The van der Waals surface area contributed by atoms with Gasteiger partial charge in [-0.25, -0.2) is 8.78 Å². The predicted molar refractivity (Wildman–Crippen MR) is 66.4 cm³/mol. The molecule has 104 valence electrons. The molecule has 0 aliphatic heterocycles. The van der Waals surface area contributed by atoms with E-state index >= 15 is 0 Å². The molecule has 2 nitrogen and oxygen atoms in total. The van der Waals surface area contributed by atoms with Crippen molar-refractivity contribution >= 4 is 5.91 Å².